The Bertz CT molecular complexity index is 254. The van der Waals surface area contributed by atoms with Crippen LogP contribution in [0.1, 0.15) is 26.2 Å². The molecule has 0 spiro atoms. The lowest BCUT2D eigenvalue weighted by molar-refractivity contribution is 0.201. The number of hydrogen-bond donors (Lipinski definition) is 1. The molecule has 0 aromatic rings. The quantitative estimate of drug-likeness (QED) is 0.738. The SMILES string of the molecule is CC1CC2C[C@@H](C1)P(=O)(OCCO)C2. The summed E-state index contributed by atoms with van der Waals surface area (Å²) in [5.41, 5.74) is 0.294. The van der Waals surface area contributed by atoms with Crippen molar-refractivity contribution in [1.29, 1.82) is 0 Å². The van der Waals surface area contributed by atoms with Crippen LogP contribution in [0.3, 0.4) is 0 Å². The second kappa shape index (κ2) is 3.96. The molecule has 3 unspecified atom stereocenters. The Kier molecular flexibility index (Phi) is 3.01. The van der Waals surface area contributed by atoms with Gasteiger partial charge in [0.1, 0.15) is 0 Å². The van der Waals surface area contributed by atoms with Crippen molar-refractivity contribution in [2.24, 2.45) is 11.8 Å². The Morgan fingerprint density at radius 3 is 2.93 bits per heavy atom. The van der Waals surface area contributed by atoms with E-state index in [4.69, 9.17) is 9.63 Å². The highest BCUT2D eigenvalue weighted by Gasteiger charge is 2.48. The lowest BCUT2D eigenvalue weighted by Crippen LogP contribution is -2.17. The Hall–Kier alpha value is 0.150. The number of hydrogen-bond acceptors (Lipinski definition) is 3. The zero-order valence-corrected chi connectivity index (χ0v) is 9.58. The average Bonchev–Trinajstić information content (AvgIpc) is 2.35. The fourth-order valence-corrected chi connectivity index (χ4v) is 6.36. The molecule has 82 valence electrons. The first kappa shape index (κ1) is 10.7. The average molecular weight is 218 g/mol. The molecule has 1 saturated heterocycles. The van der Waals surface area contributed by atoms with Gasteiger partial charge in [0.05, 0.1) is 13.2 Å². The van der Waals surface area contributed by atoms with Crippen LogP contribution in [0.2, 0.25) is 0 Å². The smallest absolute Gasteiger partial charge is 0.206 e. The van der Waals surface area contributed by atoms with Crippen molar-refractivity contribution in [3.05, 3.63) is 0 Å². The third kappa shape index (κ3) is 1.91. The number of rotatable bonds is 3. The van der Waals surface area contributed by atoms with Crippen LogP contribution in [-0.2, 0) is 9.09 Å². The van der Waals surface area contributed by atoms with Crippen LogP contribution in [0.4, 0.5) is 0 Å². The van der Waals surface area contributed by atoms with Gasteiger partial charge in [0, 0.05) is 11.8 Å². The van der Waals surface area contributed by atoms with Gasteiger partial charge in [-0.1, -0.05) is 6.92 Å². The van der Waals surface area contributed by atoms with Crippen LogP contribution in [0.5, 0.6) is 0 Å². The maximum Gasteiger partial charge on any atom is 0.206 e. The van der Waals surface area contributed by atoms with Crippen LogP contribution in [0.15, 0.2) is 0 Å². The van der Waals surface area contributed by atoms with Crippen LogP contribution in [0.25, 0.3) is 0 Å². The molecule has 2 aliphatic rings. The fraction of sp³-hybridized carbons (Fsp3) is 1.00. The summed E-state index contributed by atoms with van der Waals surface area (Å²) in [5, 5.41) is 8.69. The molecule has 0 aromatic carbocycles. The summed E-state index contributed by atoms with van der Waals surface area (Å²) >= 11 is 0. The molecule has 1 saturated carbocycles. The third-order valence-electron chi connectivity index (χ3n) is 3.49. The van der Waals surface area contributed by atoms with Gasteiger partial charge in [-0.3, -0.25) is 4.57 Å². The standard InChI is InChI=1S/C10H19O3P/c1-8-4-9-6-10(5-8)14(12,7-9)13-3-2-11/h8-11H,2-7H2,1H3/t8?,9?,10-,14?/m1/s1. The topological polar surface area (TPSA) is 46.5 Å². The molecule has 1 aliphatic carbocycles. The van der Waals surface area contributed by atoms with E-state index < -0.39 is 7.37 Å². The molecule has 1 N–H and O–H groups in total. The van der Waals surface area contributed by atoms with E-state index in [1.165, 1.54) is 6.42 Å². The Morgan fingerprint density at radius 2 is 2.21 bits per heavy atom. The van der Waals surface area contributed by atoms with Gasteiger partial charge in [-0.15, -0.1) is 0 Å². The zero-order valence-electron chi connectivity index (χ0n) is 8.69. The maximum atomic E-state index is 12.4. The van der Waals surface area contributed by atoms with Crippen LogP contribution in [0, 0.1) is 11.8 Å². The van der Waals surface area contributed by atoms with Crippen molar-refractivity contribution in [2.45, 2.75) is 31.8 Å². The van der Waals surface area contributed by atoms with E-state index >= 15 is 0 Å². The molecular weight excluding hydrogens is 199 g/mol. The molecule has 1 heterocycles. The first-order valence-corrected chi connectivity index (χ1v) is 7.36. The van der Waals surface area contributed by atoms with E-state index in [1.54, 1.807) is 0 Å². The van der Waals surface area contributed by atoms with Gasteiger partial charge in [0.15, 0.2) is 0 Å². The summed E-state index contributed by atoms with van der Waals surface area (Å²) < 4.78 is 17.8. The highest BCUT2D eigenvalue weighted by molar-refractivity contribution is 7.60. The van der Waals surface area contributed by atoms with Gasteiger partial charge in [0.25, 0.3) is 0 Å². The van der Waals surface area contributed by atoms with Crippen molar-refractivity contribution < 1.29 is 14.2 Å². The highest BCUT2D eigenvalue weighted by atomic mass is 31.2. The second-order valence-electron chi connectivity index (χ2n) is 4.80. The lowest BCUT2D eigenvalue weighted by atomic mass is 9.84. The second-order valence-corrected chi connectivity index (χ2v) is 7.60. The predicted octanol–water partition coefficient (Wildman–Crippen LogP) is 2.09. The fourth-order valence-electron chi connectivity index (χ4n) is 3.04. The Labute approximate surface area is 85.3 Å². The minimum atomic E-state index is -2.39. The predicted molar refractivity (Wildman–Crippen MR) is 55.8 cm³/mol. The molecule has 2 rings (SSSR count). The molecule has 2 fully saturated rings. The largest absolute Gasteiger partial charge is 0.394 e. The third-order valence-corrected chi connectivity index (χ3v) is 6.66. The number of aliphatic hydroxyl groups excluding tert-OH is 1. The first-order valence-electron chi connectivity index (χ1n) is 5.48. The first-order chi connectivity index (χ1) is 6.64. The molecule has 0 aromatic heterocycles. The minimum absolute atomic E-state index is 0.0169. The van der Waals surface area contributed by atoms with E-state index in [0.29, 0.717) is 17.5 Å². The molecule has 14 heavy (non-hydrogen) atoms. The zero-order chi connectivity index (χ0) is 10.2. The van der Waals surface area contributed by atoms with Gasteiger partial charge in [-0.2, -0.15) is 0 Å². The highest BCUT2D eigenvalue weighted by Crippen LogP contribution is 2.65. The molecule has 1 aliphatic heterocycles. The summed E-state index contributed by atoms with van der Waals surface area (Å²) in [6.45, 7) is 2.46. The summed E-state index contributed by atoms with van der Waals surface area (Å²) in [7, 11) is -2.39. The molecule has 4 heteroatoms. The molecule has 4 atom stereocenters. The lowest BCUT2D eigenvalue weighted by Gasteiger charge is -2.25. The van der Waals surface area contributed by atoms with Crippen LogP contribution < -0.4 is 0 Å². The van der Waals surface area contributed by atoms with Crippen molar-refractivity contribution in [2.75, 3.05) is 19.4 Å². The Morgan fingerprint density at radius 1 is 1.43 bits per heavy atom. The number of aliphatic hydroxyl groups is 1. The van der Waals surface area contributed by atoms with E-state index in [2.05, 4.69) is 6.92 Å². The van der Waals surface area contributed by atoms with Gasteiger partial charge in [-0.25, -0.2) is 0 Å². The van der Waals surface area contributed by atoms with Gasteiger partial charge in [0.2, 0.25) is 7.37 Å². The molecule has 0 radical (unpaired) electrons. The van der Waals surface area contributed by atoms with Crippen molar-refractivity contribution in [1.82, 2.24) is 0 Å². The number of fused-ring (bicyclic) bond motifs is 2. The van der Waals surface area contributed by atoms with Crippen molar-refractivity contribution in [3.63, 3.8) is 0 Å². The molecule has 0 amide bonds. The van der Waals surface area contributed by atoms with Crippen molar-refractivity contribution in [3.8, 4) is 0 Å². The van der Waals surface area contributed by atoms with Crippen LogP contribution in [-0.4, -0.2) is 30.1 Å². The van der Waals surface area contributed by atoms with E-state index in [0.717, 1.165) is 19.0 Å². The maximum absolute atomic E-state index is 12.4. The minimum Gasteiger partial charge on any atom is -0.394 e. The van der Waals surface area contributed by atoms with Crippen LogP contribution >= 0.6 is 7.37 Å². The Balaban J connectivity index is 2.04. The van der Waals surface area contributed by atoms with Gasteiger partial charge < -0.3 is 9.63 Å². The summed E-state index contributed by atoms with van der Waals surface area (Å²) in [6, 6.07) is 0. The molecule has 2 bridgehead atoms. The van der Waals surface area contributed by atoms with Crippen molar-refractivity contribution >= 4 is 7.37 Å². The molecule has 3 nitrogen and oxygen atoms in total. The normalized spacial score (nSPS) is 46.9. The van der Waals surface area contributed by atoms with Gasteiger partial charge in [-0.05, 0) is 31.1 Å². The monoisotopic (exact) mass is 218 g/mol. The van der Waals surface area contributed by atoms with E-state index in [9.17, 15) is 4.57 Å². The summed E-state index contributed by atoms with van der Waals surface area (Å²) in [6.07, 6.45) is 4.12. The summed E-state index contributed by atoms with van der Waals surface area (Å²) in [4.78, 5) is 0. The van der Waals surface area contributed by atoms with Gasteiger partial charge >= 0.3 is 0 Å². The summed E-state index contributed by atoms with van der Waals surface area (Å²) in [5.74, 6) is 1.32. The van der Waals surface area contributed by atoms with E-state index in [1.807, 2.05) is 0 Å². The molecular formula is C10H19O3P. The van der Waals surface area contributed by atoms with E-state index in [-0.39, 0.29) is 13.2 Å².